The number of benzene rings is 1. The zero-order chi connectivity index (χ0) is 17.6. The smallest absolute Gasteiger partial charge is 0.223 e. The van der Waals surface area contributed by atoms with E-state index in [1.165, 1.54) is 24.1 Å². The average molecular weight is 345 g/mol. The van der Waals surface area contributed by atoms with Crippen LogP contribution in [0.4, 0.5) is 5.69 Å². The minimum absolute atomic E-state index is 0.213. The van der Waals surface area contributed by atoms with Crippen molar-refractivity contribution in [2.45, 2.75) is 31.7 Å². The van der Waals surface area contributed by atoms with Gasteiger partial charge >= 0.3 is 0 Å². The Morgan fingerprint density at radius 3 is 2.44 bits per heavy atom. The Balaban J connectivity index is 1.68. The van der Waals surface area contributed by atoms with E-state index in [1.54, 1.807) is 0 Å². The van der Waals surface area contributed by atoms with Gasteiger partial charge in [0.05, 0.1) is 19.3 Å². The van der Waals surface area contributed by atoms with Crippen LogP contribution < -0.4 is 10.2 Å². The summed E-state index contributed by atoms with van der Waals surface area (Å²) >= 11 is 0. The van der Waals surface area contributed by atoms with Gasteiger partial charge in [0.2, 0.25) is 5.91 Å². The first-order valence-electron chi connectivity index (χ1n) is 9.52. The Bertz CT molecular complexity index is 547. The van der Waals surface area contributed by atoms with E-state index in [0.29, 0.717) is 6.54 Å². The van der Waals surface area contributed by atoms with Crippen molar-refractivity contribution in [1.29, 1.82) is 0 Å². The molecule has 2 aliphatic rings. The second-order valence-electron chi connectivity index (χ2n) is 7.38. The molecule has 0 spiro atoms. The summed E-state index contributed by atoms with van der Waals surface area (Å²) in [5.41, 5.74) is 2.46. The van der Waals surface area contributed by atoms with E-state index in [9.17, 15) is 4.79 Å². The molecule has 1 atom stereocenters. The maximum Gasteiger partial charge on any atom is 0.223 e. The van der Waals surface area contributed by atoms with Crippen LogP contribution in [0.25, 0.3) is 0 Å². The van der Waals surface area contributed by atoms with Crippen LogP contribution >= 0.6 is 0 Å². The normalized spacial score (nSPS) is 20.4. The number of ether oxygens (including phenoxy) is 1. The van der Waals surface area contributed by atoms with Gasteiger partial charge in [-0.05, 0) is 30.5 Å². The lowest BCUT2D eigenvalue weighted by atomic mass is 10.0. The number of anilines is 1. The molecule has 25 heavy (non-hydrogen) atoms. The van der Waals surface area contributed by atoms with Gasteiger partial charge in [0, 0.05) is 45.3 Å². The minimum Gasteiger partial charge on any atom is -0.379 e. The van der Waals surface area contributed by atoms with Crippen LogP contribution in [0.15, 0.2) is 24.3 Å². The Kier molecular flexibility index (Phi) is 6.32. The molecule has 1 aromatic carbocycles. The zero-order valence-electron chi connectivity index (χ0n) is 15.5. The third-order valence-electron chi connectivity index (χ3n) is 5.48. The lowest BCUT2D eigenvalue weighted by Gasteiger charge is -2.35. The van der Waals surface area contributed by atoms with Crippen molar-refractivity contribution in [3.05, 3.63) is 29.8 Å². The number of carbonyl (C=O) groups is 1. The number of carbonyl (C=O) groups excluding carboxylic acids is 1. The molecule has 5 nitrogen and oxygen atoms in total. The predicted octanol–water partition coefficient (Wildman–Crippen LogP) is 2.43. The third-order valence-corrected chi connectivity index (χ3v) is 5.48. The molecule has 5 heteroatoms. The molecule has 0 aromatic heterocycles. The molecule has 0 radical (unpaired) electrons. The van der Waals surface area contributed by atoms with Gasteiger partial charge in [0.15, 0.2) is 0 Å². The van der Waals surface area contributed by atoms with E-state index >= 15 is 0 Å². The van der Waals surface area contributed by atoms with Crippen LogP contribution in [0.3, 0.4) is 0 Å². The minimum atomic E-state index is 0.213. The molecule has 138 valence electrons. The summed E-state index contributed by atoms with van der Waals surface area (Å²) in [6.45, 7) is 4.04. The number of hydrogen-bond acceptors (Lipinski definition) is 4. The fraction of sp³-hybridized carbons (Fsp3) is 0.650. The van der Waals surface area contributed by atoms with E-state index < -0.39 is 0 Å². The molecule has 3 rings (SSSR count). The van der Waals surface area contributed by atoms with Gasteiger partial charge in [-0.15, -0.1) is 0 Å². The lowest BCUT2D eigenvalue weighted by molar-refractivity contribution is -0.125. The first-order chi connectivity index (χ1) is 12.1. The maximum atomic E-state index is 12.4. The van der Waals surface area contributed by atoms with Crippen LogP contribution in [-0.4, -0.2) is 57.8 Å². The molecular formula is C20H31N3O2. The van der Waals surface area contributed by atoms with Crippen molar-refractivity contribution in [3.63, 3.8) is 0 Å². The van der Waals surface area contributed by atoms with Crippen LogP contribution in [0.2, 0.25) is 0 Å². The summed E-state index contributed by atoms with van der Waals surface area (Å²) in [4.78, 5) is 17.0. The van der Waals surface area contributed by atoms with Gasteiger partial charge in [-0.1, -0.05) is 25.0 Å². The SMILES string of the molecule is CN(C)c1ccc([C@H](CNC(=O)C2CCCC2)N2CCOCC2)cc1. The van der Waals surface area contributed by atoms with Gasteiger partial charge < -0.3 is 15.0 Å². The monoisotopic (exact) mass is 345 g/mol. The number of nitrogens with zero attached hydrogens (tertiary/aromatic N) is 2. The van der Waals surface area contributed by atoms with Gasteiger partial charge in [0.25, 0.3) is 0 Å². The Labute approximate surface area is 151 Å². The molecule has 1 amide bonds. The van der Waals surface area contributed by atoms with Crippen molar-refractivity contribution in [3.8, 4) is 0 Å². The van der Waals surface area contributed by atoms with E-state index in [1.807, 2.05) is 0 Å². The molecule has 1 N–H and O–H groups in total. The fourth-order valence-electron chi connectivity index (χ4n) is 3.87. The van der Waals surface area contributed by atoms with Crippen molar-refractivity contribution in [2.24, 2.45) is 5.92 Å². The van der Waals surface area contributed by atoms with E-state index in [2.05, 4.69) is 53.5 Å². The maximum absolute atomic E-state index is 12.4. The lowest BCUT2D eigenvalue weighted by Crippen LogP contribution is -2.44. The summed E-state index contributed by atoms with van der Waals surface area (Å²) in [5, 5.41) is 3.23. The molecule has 1 saturated carbocycles. The average Bonchev–Trinajstić information content (AvgIpc) is 3.18. The van der Waals surface area contributed by atoms with Crippen LogP contribution in [-0.2, 0) is 9.53 Å². The van der Waals surface area contributed by atoms with E-state index in [4.69, 9.17) is 4.74 Å². The molecule has 0 bridgehead atoms. The van der Waals surface area contributed by atoms with Gasteiger partial charge in [0.1, 0.15) is 0 Å². The standard InChI is InChI=1S/C20H31N3O2/c1-22(2)18-9-7-16(8-10-18)19(23-11-13-25-14-12-23)15-21-20(24)17-5-3-4-6-17/h7-10,17,19H,3-6,11-15H2,1-2H3,(H,21,24)/t19-/m0/s1. The number of morpholine rings is 1. The third kappa shape index (κ3) is 4.73. The molecular weight excluding hydrogens is 314 g/mol. The molecule has 1 aliphatic carbocycles. The molecule has 1 aliphatic heterocycles. The van der Waals surface area contributed by atoms with Gasteiger partial charge in [-0.3, -0.25) is 9.69 Å². The van der Waals surface area contributed by atoms with Crippen molar-refractivity contribution >= 4 is 11.6 Å². The Morgan fingerprint density at radius 2 is 1.84 bits per heavy atom. The first kappa shape index (κ1) is 18.2. The number of nitrogens with one attached hydrogen (secondary N) is 1. The first-order valence-corrected chi connectivity index (χ1v) is 9.52. The summed E-state index contributed by atoms with van der Waals surface area (Å²) in [5.74, 6) is 0.460. The number of hydrogen-bond donors (Lipinski definition) is 1. The van der Waals surface area contributed by atoms with Crippen molar-refractivity contribution in [1.82, 2.24) is 10.2 Å². The molecule has 2 fully saturated rings. The largest absolute Gasteiger partial charge is 0.379 e. The predicted molar refractivity (Wildman–Crippen MR) is 101 cm³/mol. The zero-order valence-corrected chi connectivity index (χ0v) is 15.5. The second-order valence-corrected chi connectivity index (χ2v) is 7.38. The number of rotatable bonds is 6. The molecule has 1 aromatic rings. The van der Waals surface area contributed by atoms with Gasteiger partial charge in [-0.25, -0.2) is 0 Å². The highest BCUT2D eigenvalue weighted by Gasteiger charge is 2.26. The molecule has 1 saturated heterocycles. The second kappa shape index (κ2) is 8.68. The highest BCUT2D eigenvalue weighted by Crippen LogP contribution is 2.26. The summed E-state index contributed by atoms with van der Waals surface area (Å²) < 4.78 is 5.51. The summed E-state index contributed by atoms with van der Waals surface area (Å²) in [7, 11) is 4.10. The molecule has 0 unspecified atom stereocenters. The van der Waals surface area contributed by atoms with Crippen LogP contribution in [0, 0.1) is 5.92 Å². The van der Waals surface area contributed by atoms with E-state index in [-0.39, 0.29) is 17.9 Å². The quantitative estimate of drug-likeness (QED) is 0.860. The summed E-state index contributed by atoms with van der Waals surface area (Å²) in [6, 6.07) is 8.91. The Hall–Kier alpha value is -1.59. The molecule has 1 heterocycles. The number of amides is 1. The van der Waals surface area contributed by atoms with Crippen molar-refractivity contribution in [2.75, 3.05) is 51.8 Å². The van der Waals surface area contributed by atoms with Crippen LogP contribution in [0.1, 0.15) is 37.3 Å². The fourth-order valence-corrected chi connectivity index (χ4v) is 3.87. The van der Waals surface area contributed by atoms with Gasteiger partial charge in [-0.2, -0.15) is 0 Å². The Morgan fingerprint density at radius 1 is 1.20 bits per heavy atom. The topological polar surface area (TPSA) is 44.8 Å². The summed E-state index contributed by atoms with van der Waals surface area (Å²) in [6.07, 6.45) is 4.48. The van der Waals surface area contributed by atoms with Crippen LogP contribution in [0.5, 0.6) is 0 Å². The highest BCUT2D eigenvalue weighted by molar-refractivity contribution is 5.78. The highest BCUT2D eigenvalue weighted by atomic mass is 16.5. The van der Waals surface area contributed by atoms with E-state index in [0.717, 1.165) is 39.1 Å². The van der Waals surface area contributed by atoms with Crippen molar-refractivity contribution < 1.29 is 9.53 Å².